The Morgan fingerprint density at radius 2 is 2.08 bits per heavy atom. The maximum absolute atomic E-state index is 12.3. The first-order valence-corrected chi connectivity index (χ1v) is 9.33. The minimum atomic E-state index is -0.0818. The summed E-state index contributed by atoms with van der Waals surface area (Å²) in [7, 11) is 0. The van der Waals surface area contributed by atoms with Gasteiger partial charge in [-0.15, -0.1) is 11.3 Å². The standard InChI is InChI=1S/C17H22N4O3S/c1-11-9-15(23)21-14(10-25-17(21)19-11)3-6-18-16(24)13-4-7-20(8-5-13)12(2)22/h9-10,13H,3-8H2,1-2H3,(H,18,24). The molecule has 25 heavy (non-hydrogen) atoms. The van der Waals surface area contributed by atoms with Gasteiger partial charge in [-0.2, -0.15) is 0 Å². The molecule has 0 bridgehead atoms. The van der Waals surface area contributed by atoms with Gasteiger partial charge in [0, 0.05) is 61.7 Å². The highest BCUT2D eigenvalue weighted by Gasteiger charge is 2.25. The van der Waals surface area contributed by atoms with E-state index in [0.29, 0.717) is 49.6 Å². The van der Waals surface area contributed by atoms with Gasteiger partial charge >= 0.3 is 0 Å². The van der Waals surface area contributed by atoms with E-state index in [9.17, 15) is 14.4 Å². The number of likely N-dealkylation sites (tertiary alicyclic amines) is 1. The number of rotatable bonds is 4. The van der Waals surface area contributed by atoms with E-state index in [4.69, 9.17) is 0 Å². The summed E-state index contributed by atoms with van der Waals surface area (Å²) in [4.78, 5) is 42.6. The molecule has 0 unspecified atom stereocenters. The van der Waals surface area contributed by atoms with Crippen molar-refractivity contribution in [2.75, 3.05) is 19.6 Å². The highest BCUT2D eigenvalue weighted by molar-refractivity contribution is 7.15. The topological polar surface area (TPSA) is 83.8 Å². The molecule has 8 heteroatoms. The summed E-state index contributed by atoms with van der Waals surface area (Å²) in [6.07, 6.45) is 1.99. The Labute approximate surface area is 149 Å². The zero-order valence-corrected chi connectivity index (χ0v) is 15.3. The number of thiazole rings is 1. The summed E-state index contributed by atoms with van der Waals surface area (Å²) in [5.41, 5.74) is 1.49. The van der Waals surface area contributed by atoms with E-state index in [1.807, 2.05) is 5.38 Å². The minimum absolute atomic E-state index is 0.0315. The second kappa shape index (κ2) is 7.35. The smallest absolute Gasteiger partial charge is 0.258 e. The zero-order valence-electron chi connectivity index (χ0n) is 14.4. The van der Waals surface area contributed by atoms with Gasteiger partial charge in [-0.05, 0) is 19.8 Å². The molecule has 2 amide bonds. The van der Waals surface area contributed by atoms with E-state index in [1.165, 1.54) is 17.4 Å². The number of hydrogen-bond donors (Lipinski definition) is 1. The predicted octanol–water partition coefficient (Wildman–Crippen LogP) is 0.982. The van der Waals surface area contributed by atoms with Crippen LogP contribution in [0.3, 0.4) is 0 Å². The van der Waals surface area contributed by atoms with Gasteiger partial charge in [0.2, 0.25) is 11.8 Å². The second-order valence-corrected chi connectivity index (χ2v) is 7.24. The van der Waals surface area contributed by atoms with Gasteiger partial charge in [-0.1, -0.05) is 0 Å². The highest BCUT2D eigenvalue weighted by atomic mass is 32.1. The molecule has 3 rings (SSSR count). The number of amides is 2. The number of hydrogen-bond acceptors (Lipinski definition) is 5. The van der Waals surface area contributed by atoms with E-state index in [0.717, 1.165) is 5.69 Å². The largest absolute Gasteiger partial charge is 0.355 e. The molecule has 0 atom stereocenters. The molecule has 2 aromatic rings. The van der Waals surface area contributed by atoms with Crippen LogP contribution in [0.2, 0.25) is 0 Å². The van der Waals surface area contributed by atoms with Gasteiger partial charge in [-0.3, -0.25) is 18.8 Å². The van der Waals surface area contributed by atoms with Crippen LogP contribution < -0.4 is 10.9 Å². The lowest BCUT2D eigenvalue weighted by atomic mass is 9.96. The molecular formula is C17H22N4O3S. The van der Waals surface area contributed by atoms with Crippen LogP contribution in [0.4, 0.5) is 0 Å². The summed E-state index contributed by atoms with van der Waals surface area (Å²) in [6.45, 7) is 5.13. The number of carbonyl (C=O) groups is 2. The Morgan fingerprint density at radius 1 is 1.36 bits per heavy atom. The maximum Gasteiger partial charge on any atom is 0.258 e. The van der Waals surface area contributed by atoms with Gasteiger partial charge in [0.1, 0.15) is 0 Å². The molecule has 7 nitrogen and oxygen atoms in total. The third-order valence-electron chi connectivity index (χ3n) is 4.60. The fourth-order valence-electron chi connectivity index (χ4n) is 3.17. The van der Waals surface area contributed by atoms with Crippen molar-refractivity contribution in [3.8, 4) is 0 Å². The Bertz CT molecular complexity index is 849. The monoisotopic (exact) mass is 362 g/mol. The Hall–Kier alpha value is -2.22. The average molecular weight is 362 g/mol. The third-order valence-corrected chi connectivity index (χ3v) is 5.47. The zero-order chi connectivity index (χ0) is 18.0. The maximum atomic E-state index is 12.3. The van der Waals surface area contributed by atoms with E-state index in [2.05, 4.69) is 10.3 Å². The number of piperidine rings is 1. The quantitative estimate of drug-likeness (QED) is 0.879. The van der Waals surface area contributed by atoms with Crippen molar-refractivity contribution in [1.29, 1.82) is 0 Å². The molecule has 1 aliphatic rings. The van der Waals surface area contributed by atoms with Crippen LogP contribution >= 0.6 is 11.3 Å². The number of fused-ring (bicyclic) bond motifs is 1. The van der Waals surface area contributed by atoms with Crippen molar-refractivity contribution in [2.45, 2.75) is 33.1 Å². The molecule has 1 aliphatic heterocycles. The van der Waals surface area contributed by atoms with Crippen LogP contribution in [0.25, 0.3) is 4.96 Å². The van der Waals surface area contributed by atoms with Crippen molar-refractivity contribution in [2.24, 2.45) is 5.92 Å². The van der Waals surface area contributed by atoms with Crippen molar-refractivity contribution in [3.63, 3.8) is 0 Å². The average Bonchev–Trinajstić information content (AvgIpc) is 2.98. The van der Waals surface area contributed by atoms with Crippen molar-refractivity contribution >= 4 is 28.1 Å². The predicted molar refractivity (Wildman–Crippen MR) is 95.8 cm³/mol. The van der Waals surface area contributed by atoms with E-state index >= 15 is 0 Å². The van der Waals surface area contributed by atoms with E-state index < -0.39 is 0 Å². The molecule has 0 radical (unpaired) electrons. The van der Waals surface area contributed by atoms with Gasteiger partial charge in [0.25, 0.3) is 5.56 Å². The molecule has 0 aliphatic carbocycles. The summed E-state index contributed by atoms with van der Waals surface area (Å²) < 4.78 is 1.61. The van der Waals surface area contributed by atoms with E-state index in [1.54, 1.807) is 23.1 Å². The van der Waals surface area contributed by atoms with Gasteiger partial charge in [-0.25, -0.2) is 4.98 Å². The molecule has 1 fully saturated rings. The summed E-state index contributed by atoms with van der Waals surface area (Å²) >= 11 is 1.43. The number of aryl methyl sites for hydroxylation is 1. The Kier molecular flexibility index (Phi) is 5.17. The fourth-order valence-corrected chi connectivity index (χ4v) is 4.15. The Morgan fingerprint density at radius 3 is 2.76 bits per heavy atom. The Balaban J connectivity index is 1.54. The molecule has 1 saturated heterocycles. The lowest BCUT2D eigenvalue weighted by molar-refractivity contribution is -0.133. The van der Waals surface area contributed by atoms with Crippen LogP contribution in [0.1, 0.15) is 31.2 Å². The van der Waals surface area contributed by atoms with Gasteiger partial charge in [0.15, 0.2) is 4.96 Å². The van der Waals surface area contributed by atoms with Gasteiger partial charge in [0.05, 0.1) is 0 Å². The molecule has 0 saturated carbocycles. The van der Waals surface area contributed by atoms with Crippen LogP contribution in [-0.4, -0.2) is 45.7 Å². The number of nitrogens with zero attached hydrogens (tertiary/aromatic N) is 3. The van der Waals surface area contributed by atoms with Gasteiger partial charge < -0.3 is 10.2 Å². The highest BCUT2D eigenvalue weighted by Crippen LogP contribution is 2.17. The molecule has 1 N–H and O–H groups in total. The third kappa shape index (κ3) is 3.89. The molecule has 0 spiro atoms. The van der Waals surface area contributed by atoms with Crippen LogP contribution in [0.15, 0.2) is 16.2 Å². The van der Waals surface area contributed by atoms with Crippen LogP contribution in [-0.2, 0) is 16.0 Å². The molecule has 3 heterocycles. The lowest BCUT2D eigenvalue weighted by Gasteiger charge is -2.30. The normalized spacial score (nSPS) is 15.5. The summed E-state index contributed by atoms with van der Waals surface area (Å²) in [5, 5.41) is 4.87. The lowest BCUT2D eigenvalue weighted by Crippen LogP contribution is -2.42. The number of carbonyl (C=O) groups excluding carboxylic acids is 2. The fraction of sp³-hybridized carbons (Fsp3) is 0.529. The molecular weight excluding hydrogens is 340 g/mol. The van der Waals surface area contributed by atoms with Crippen LogP contribution in [0.5, 0.6) is 0 Å². The second-order valence-electron chi connectivity index (χ2n) is 6.40. The molecule has 0 aromatic carbocycles. The van der Waals surface area contributed by atoms with Crippen molar-refractivity contribution in [3.05, 3.63) is 33.2 Å². The summed E-state index contributed by atoms with van der Waals surface area (Å²) in [6, 6.07) is 1.52. The molecule has 2 aromatic heterocycles. The van der Waals surface area contributed by atoms with Crippen molar-refractivity contribution < 1.29 is 9.59 Å². The number of aromatic nitrogens is 2. The van der Waals surface area contributed by atoms with Crippen LogP contribution in [0, 0.1) is 12.8 Å². The minimum Gasteiger partial charge on any atom is -0.355 e. The number of nitrogens with one attached hydrogen (secondary N) is 1. The van der Waals surface area contributed by atoms with E-state index in [-0.39, 0.29) is 23.3 Å². The first kappa shape index (κ1) is 17.6. The first-order chi connectivity index (χ1) is 12.0. The first-order valence-electron chi connectivity index (χ1n) is 8.45. The molecule has 134 valence electrons. The van der Waals surface area contributed by atoms with Crippen molar-refractivity contribution in [1.82, 2.24) is 19.6 Å². The SMILES string of the molecule is CC(=O)N1CCC(C(=O)NCCc2csc3nc(C)cc(=O)n23)CC1. The summed E-state index contributed by atoms with van der Waals surface area (Å²) in [5.74, 6) is 0.0587.